The summed E-state index contributed by atoms with van der Waals surface area (Å²) in [5.41, 5.74) is 6.20. The fourth-order valence-corrected chi connectivity index (χ4v) is 5.19. The van der Waals surface area contributed by atoms with E-state index < -0.39 is 0 Å². The van der Waals surface area contributed by atoms with Gasteiger partial charge >= 0.3 is 6.03 Å². The number of nitrogens with one attached hydrogen (secondary N) is 3. The lowest BCUT2D eigenvalue weighted by Crippen LogP contribution is -2.27. The van der Waals surface area contributed by atoms with Crippen LogP contribution in [-0.2, 0) is 5.41 Å². The molecule has 6 heteroatoms. The minimum atomic E-state index is -0.303. The normalized spacial score (nSPS) is 15.4. The molecule has 0 radical (unpaired) electrons. The van der Waals surface area contributed by atoms with Crippen molar-refractivity contribution in [2.24, 2.45) is 0 Å². The zero-order valence-corrected chi connectivity index (χ0v) is 22.4. The van der Waals surface area contributed by atoms with Gasteiger partial charge in [0.1, 0.15) is 0 Å². The summed E-state index contributed by atoms with van der Waals surface area (Å²) in [5, 5.41) is 9.61. The van der Waals surface area contributed by atoms with Crippen LogP contribution in [0, 0.1) is 0 Å². The summed E-state index contributed by atoms with van der Waals surface area (Å²) in [6.07, 6.45) is 1.76. The molecule has 0 saturated heterocycles. The first-order valence-corrected chi connectivity index (χ1v) is 13.1. The van der Waals surface area contributed by atoms with Crippen LogP contribution in [-0.4, -0.2) is 17.6 Å². The number of carbonyl (C=O) groups excluding carboxylic acids is 1. The van der Waals surface area contributed by atoms with Crippen molar-refractivity contribution in [1.29, 1.82) is 0 Å². The molecular weight excluding hydrogens is 470 g/mol. The average Bonchev–Trinajstić information content (AvgIpc) is 3.20. The largest absolute Gasteiger partial charge is 0.324 e. The third kappa shape index (κ3) is 5.41. The van der Waals surface area contributed by atoms with Crippen molar-refractivity contribution < 1.29 is 4.79 Å². The lowest BCUT2D eigenvalue weighted by molar-refractivity contribution is 0.262. The summed E-state index contributed by atoms with van der Waals surface area (Å²) in [6, 6.07) is 30.6. The second-order valence-corrected chi connectivity index (χ2v) is 10.6. The van der Waals surface area contributed by atoms with Gasteiger partial charge in [0.15, 0.2) is 5.82 Å². The Kier molecular flexibility index (Phi) is 7.16. The lowest BCUT2D eigenvalue weighted by Gasteiger charge is -2.24. The van der Waals surface area contributed by atoms with Crippen molar-refractivity contribution in [1.82, 2.24) is 10.3 Å². The highest BCUT2D eigenvalue weighted by atomic mass is 16.2. The average molecular weight is 506 g/mol. The fraction of sp³-hybridized carbons (Fsp3) is 0.250. The smallest absolute Gasteiger partial charge is 0.323 e. The monoisotopic (exact) mass is 505 g/mol. The maximum absolute atomic E-state index is 13.0. The van der Waals surface area contributed by atoms with Crippen molar-refractivity contribution in [2.75, 3.05) is 22.1 Å². The minimum absolute atomic E-state index is 0.0136. The van der Waals surface area contributed by atoms with Crippen molar-refractivity contribution in [2.45, 2.75) is 45.2 Å². The Balaban J connectivity index is 1.24. The fourth-order valence-electron chi connectivity index (χ4n) is 5.19. The van der Waals surface area contributed by atoms with Gasteiger partial charge in [0.25, 0.3) is 0 Å². The van der Waals surface area contributed by atoms with Gasteiger partial charge < -0.3 is 20.9 Å². The molecule has 38 heavy (non-hydrogen) atoms. The topological polar surface area (TPSA) is 69.3 Å². The second kappa shape index (κ2) is 10.7. The Bertz CT molecular complexity index is 1400. The maximum Gasteiger partial charge on any atom is 0.323 e. The zero-order chi connectivity index (χ0) is 26.7. The van der Waals surface area contributed by atoms with Gasteiger partial charge in [-0.2, -0.15) is 0 Å². The first-order valence-electron chi connectivity index (χ1n) is 13.1. The number of amides is 2. The van der Waals surface area contributed by atoms with Gasteiger partial charge in [0.2, 0.25) is 0 Å². The predicted octanol–water partition coefficient (Wildman–Crippen LogP) is 7.57. The van der Waals surface area contributed by atoms with Crippen molar-refractivity contribution >= 4 is 28.9 Å². The standard InChI is InChI=1S/C32H35N5O/c1-22(24-11-6-5-7-12-24)34-23(2)25-16-18-26(19-17-25)35-31(38)36-28-14-10-20-33-30(28)37-21-32(3,4)27-13-8-9-15-29(27)37/h5-20,22-23,34H,21H2,1-4H3,(H2,35,36,38)/t22-,23?/m1/s1. The second-order valence-electron chi connectivity index (χ2n) is 10.6. The van der Waals surface area contributed by atoms with E-state index in [1.807, 2.05) is 48.5 Å². The number of pyridine rings is 1. The van der Waals surface area contributed by atoms with Crippen LogP contribution in [0.2, 0.25) is 0 Å². The first kappa shape index (κ1) is 25.5. The molecule has 2 amide bonds. The van der Waals surface area contributed by atoms with Crippen LogP contribution < -0.4 is 20.9 Å². The van der Waals surface area contributed by atoms with E-state index in [4.69, 9.17) is 0 Å². The number of benzene rings is 3. The lowest BCUT2D eigenvalue weighted by atomic mass is 9.87. The summed E-state index contributed by atoms with van der Waals surface area (Å²) < 4.78 is 0. The molecule has 4 aromatic rings. The van der Waals surface area contributed by atoms with Gasteiger partial charge in [-0.3, -0.25) is 0 Å². The molecule has 1 unspecified atom stereocenters. The number of urea groups is 1. The van der Waals surface area contributed by atoms with Crippen LogP contribution in [0.5, 0.6) is 0 Å². The highest BCUT2D eigenvalue weighted by Gasteiger charge is 2.36. The molecule has 0 saturated carbocycles. The summed E-state index contributed by atoms with van der Waals surface area (Å²) in [4.78, 5) is 19.8. The van der Waals surface area contributed by atoms with Crippen LogP contribution in [0.1, 0.15) is 56.5 Å². The number of anilines is 4. The number of carbonyl (C=O) groups is 1. The number of fused-ring (bicyclic) bond motifs is 1. The van der Waals surface area contributed by atoms with Gasteiger partial charge in [-0.1, -0.05) is 74.5 Å². The molecule has 1 aromatic heterocycles. The summed E-state index contributed by atoms with van der Waals surface area (Å²) in [5.74, 6) is 0.739. The molecule has 2 heterocycles. The molecule has 5 rings (SSSR count). The molecule has 3 N–H and O–H groups in total. The summed E-state index contributed by atoms with van der Waals surface area (Å²) in [7, 11) is 0. The van der Waals surface area contributed by atoms with Crippen molar-refractivity contribution in [3.63, 3.8) is 0 Å². The van der Waals surface area contributed by atoms with Crippen LogP contribution in [0.4, 0.5) is 27.7 Å². The number of hydrogen-bond acceptors (Lipinski definition) is 4. The third-order valence-corrected chi connectivity index (χ3v) is 7.24. The van der Waals surface area contributed by atoms with Crippen LogP contribution in [0.15, 0.2) is 97.2 Å². The summed E-state index contributed by atoms with van der Waals surface area (Å²) >= 11 is 0. The van der Waals surface area contributed by atoms with Crippen molar-refractivity contribution in [3.8, 4) is 0 Å². The Morgan fingerprint density at radius 2 is 1.47 bits per heavy atom. The van der Waals surface area contributed by atoms with E-state index >= 15 is 0 Å². The van der Waals surface area contributed by atoms with Gasteiger partial charge in [0, 0.05) is 41.6 Å². The van der Waals surface area contributed by atoms with E-state index in [0.717, 1.165) is 29.3 Å². The van der Waals surface area contributed by atoms with E-state index in [1.165, 1.54) is 11.1 Å². The molecule has 2 atom stereocenters. The maximum atomic E-state index is 13.0. The van der Waals surface area contributed by atoms with Crippen LogP contribution in [0.25, 0.3) is 0 Å². The van der Waals surface area contributed by atoms with Crippen molar-refractivity contribution in [3.05, 3.63) is 114 Å². The van der Waals surface area contributed by atoms with Gasteiger partial charge in [-0.15, -0.1) is 0 Å². The van der Waals surface area contributed by atoms with Gasteiger partial charge in [-0.05, 0) is 60.9 Å². The van der Waals surface area contributed by atoms with E-state index in [9.17, 15) is 4.79 Å². The molecule has 1 aliphatic rings. The molecular formula is C32H35N5O. The van der Waals surface area contributed by atoms with Crippen LogP contribution in [0.3, 0.4) is 0 Å². The van der Waals surface area contributed by atoms with Gasteiger partial charge in [0.05, 0.1) is 5.69 Å². The third-order valence-electron chi connectivity index (χ3n) is 7.24. The van der Waals surface area contributed by atoms with Gasteiger partial charge in [-0.25, -0.2) is 9.78 Å². The predicted molar refractivity (Wildman–Crippen MR) is 156 cm³/mol. The molecule has 1 aliphatic heterocycles. The first-order chi connectivity index (χ1) is 18.3. The Morgan fingerprint density at radius 3 is 2.21 bits per heavy atom. The molecule has 3 aromatic carbocycles. The number of aromatic nitrogens is 1. The minimum Gasteiger partial charge on any atom is -0.324 e. The Labute approximate surface area is 225 Å². The highest BCUT2D eigenvalue weighted by molar-refractivity contribution is 6.02. The number of rotatable bonds is 7. The highest BCUT2D eigenvalue weighted by Crippen LogP contribution is 2.45. The molecule has 0 fully saturated rings. The SMILES string of the molecule is CC(N[C@H](C)c1ccccc1)c1ccc(NC(=O)Nc2cccnc2N2CC(C)(C)c3ccccc32)cc1. The van der Waals surface area contributed by atoms with E-state index in [1.54, 1.807) is 6.20 Å². The Morgan fingerprint density at radius 1 is 0.816 bits per heavy atom. The van der Waals surface area contributed by atoms with E-state index in [0.29, 0.717) is 5.69 Å². The van der Waals surface area contributed by atoms with Crippen LogP contribution >= 0.6 is 0 Å². The zero-order valence-electron chi connectivity index (χ0n) is 22.4. The molecule has 0 spiro atoms. The molecule has 0 aliphatic carbocycles. The number of nitrogens with zero attached hydrogens (tertiary/aromatic N) is 2. The summed E-state index contributed by atoms with van der Waals surface area (Å²) in [6.45, 7) is 9.57. The molecule has 0 bridgehead atoms. The van der Waals surface area contributed by atoms with E-state index in [-0.39, 0.29) is 23.5 Å². The quantitative estimate of drug-likeness (QED) is 0.242. The molecule has 6 nitrogen and oxygen atoms in total. The number of para-hydroxylation sites is 1. The Hall–Kier alpha value is -4.16. The number of hydrogen-bond donors (Lipinski definition) is 3. The van der Waals surface area contributed by atoms with E-state index in [2.05, 4.69) is 96.0 Å². The molecule has 194 valence electrons.